The largest absolute Gasteiger partial charge is 0.323 e. The number of hydrogen-bond donors (Lipinski definition) is 1. The zero-order valence-corrected chi connectivity index (χ0v) is 17.9. The van der Waals surface area contributed by atoms with Gasteiger partial charge < -0.3 is 4.90 Å². The van der Waals surface area contributed by atoms with Gasteiger partial charge in [-0.1, -0.05) is 41.2 Å². The van der Waals surface area contributed by atoms with Gasteiger partial charge in [-0.15, -0.1) is 0 Å². The molecule has 2 amide bonds. The maximum atomic E-state index is 13.0. The number of piperazine rings is 1. The lowest BCUT2D eigenvalue weighted by Gasteiger charge is -2.34. The number of sulfonamides is 1. The van der Waals surface area contributed by atoms with Crippen molar-refractivity contribution in [2.45, 2.75) is 18.7 Å². The molecule has 0 spiro atoms. The van der Waals surface area contributed by atoms with Crippen molar-refractivity contribution >= 4 is 42.7 Å². The lowest BCUT2D eigenvalue weighted by Crippen LogP contribution is -2.51. The molecule has 0 aliphatic carbocycles. The molecule has 1 saturated heterocycles. The van der Waals surface area contributed by atoms with Crippen LogP contribution in [0.2, 0.25) is 0 Å². The van der Waals surface area contributed by atoms with Crippen molar-refractivity contribution < 1.29 is 13.2 Å². The topological polar surface area (TPSA) is 82.6 Å². The molecular formula is C20H22N4O3S2. The van der Waals surface area contributed by atoms with Crippen LogP contribution in [0.25, 0.3) is 10.2 Å². The third kappa shape index (κ3) is 3.98. The Labute approximate surface area is 174 Å². The molecule has 1 aliphatic rings. The third-order valence-corrected chi connectivity index (χ3v) is 7.99. The number of amides is 2. The van der Waals surface area contributed by atoms with E-state index in [1.54, 1.807) is 11.0 Å². The molecule has 2 heterocycles. The molecule has 0 atom stereocenters. The number of thiazole rings is 1. The number of rotatable bonds is 3. The predicted octanol–water partition coefficient (Wildman–Crippen LogP) is 3.45. The van der Waals surface area contributed by atoms with Gasteiger partial charge in [-0.05, 0) is 37.6 Å². The number of carbonyl (C=O) groups excluding carboxylic acids is 1. The summed E-state index contributed by atoms with van der Waals surface area (Å²) in [4.78, 5) is 18.9. The van der Waals surface area contributed by atoms with E-state index >= 15 is 0 Å². The van der Waals surface area contributed by atoms with Gasteiger partial charge in [0.1, 0.15) is 0 Å². The molecule has 7 nitrogen and oxygen atoms in total. The highest BCUT2D eigenvalue weighted by Gasteiger charge is 2.31. The summed E-state index contributed by atoms with van der Waals surface area (Å²) >= 11 is 1.42. The molecule has 0 saturated carbocycles. The van der Waals surface area contributed by atoms with Crippen LogP contribution in [0, 0.1) is 13.8 Å². The summed E-state index contributed by atoms with van der Waals surface area (Å²) in [5.41, 5.74) is 2.61. The molecule has 4 rings (SSSR count). The summed E-state index contributed by atoms with van der Waals surface area (Å²) in [6.07, 6.45) is 0. The molecule has 0 bridgehead atoms. The molecular weight excluding hydrogens is 408 g/mol. The Balaban J connectivity index is 1.41. The molecule has 152 valence electrons. The zero-order chi connectivity index (χ0) is 20.6. The van der Waals surface area contributed by atoms with E-state index in [0.717, 1.165) is 21.3 Å². The quantitative estimate of drug-likeness (QED) is 0.690. The lowest BCUT2D eigenvalue weighted by atomic mass is 10.2. The van der Waals surface area contributed by atoms with Crippen LogP contribution in [0.5, 0.6) is 0 Å². The summed E-state index contributed by atoms with van der Waals surface area (Å²) < 4.78 is 28.4. The highest BCUT2D eigenvalue weighted by atomic mass is 32.2. The van der Waals surface area contributed by atoms with Gasteiger partial charge in [-0.25, -0.2) is 18.2 Å². The Morgan fingerprint density at radius 1 is 1.07 bits per heavy atom. The first-order chi connectivity index (χ1) is 13.8. The van der Waals surface area contributed by atoms with Crippen molar-refractivity contribution in [3.05, 3.63) is 53.6 Å². The summed E-state index contributed by atoms with van der Waals surface area (Å²) in [5.74, 6) is 0. The summed E-state index contributed by atoms with van der Waals surface area (Å²) in [6, 6.07) is 12.8. The molecule has 0 radical (unpaired) electrons. The van der Waals surface area contributed by atoms with Crippen LogP contribution in [-0.2, 0) is 10.0 Å². The van der Waals surface area contributed by atoms with E-state index in [1.165, 1.54) is 15.6 Å². The fourth-order valence-electron chi connectivity index (χ4n) is 3.46. The molecule has 29 heavy (non-hydrogen) atoms. The van der Waals surface area contributed by atoms with E-state index in [4.69, 9.17) is 0 Å². The fraction of sp³-hybridized carbons (Fsp3) is 0.300. The first kappa shape index (κ1) is 19.8. The second kappa shape index (κ2) is 7.74. The van der Waals surface area contributed by atoms with E-state index in [9.17, 15) is 13.2 Å². The summed E-state index contributed by atoms with van der Waals surface area (Å²) in [6.45, 7) is 4.95. The predicted molar refractivity (Wildman–Crippen MR) is 115 cm³/mol. The van der Waals surface area contributed by atoms with E-state index in [0.29, 0.717) is 23.1 Å². The van der Waals surface area contributed by atoms with Gasteiger partial charge in [-0.2, -0.15) is 4.31 Å². The van der Waals surface area contributed by atoms with Gasteiger partial charge in [0.2, 0.25) is 10.0 Å². The van der Waals surface area contributed by atoms with Crippen molar-refractivity contribution in [2.24, 2.45) is 0 Å². The van der Waals surface area contributed by atoms with Crippen LogP contribution in [0.3, 0.4) is 0 Å². The third-order valence-electron chi connectivity index (χ3n) is 4.98. The van der Waals surface area contributed by atoms with Crippen molar-refractivity contribution in [1.29, 1.82) is 0 Å². The zero-order valence-electron chi connectivity index (χ0n) is 16.3. The van der Waals surface area contributed by atoms with Crippen molar-refractivity contribution in [3.8, 4) is 0 Å². The number of benzene rings is 2. The normalized spacial score (nSPS) is 15.6. The highest BCUT2D eigenvalue weighted by molar-refractivity contribution is 7.89. The smallest absolute Gasteiger partial charge is 0.322 e. The monoisotopic (exact) mass is 430 g/mol. The average Bonchev–Trinajstić information content (AvgIpc) is 3.10. The number of para-hydroxylation sites is 1. The molecule has 1 fully saturated rings. The van der Waals surface area contributed by atoms with Crippen LogP contribution in [0.1, 0.15) is 11.1 Å². The molecule has 1 aliphatic heterocycles. The second-order valence-electron chi connectivity index (χ2n) is 7.08. The Morgan fingerprint density at radius 3 is 2.48 bits per heavy atom. The van der Waals surface area contributed by atoms with Gasteiger partial charge in [0, 0.05) is 26.2 Å². The molecule has 1 N–H and O–H groups in total. The lowest BCUT2D eigenvalue weighted by molar-refractivity contribution is 0.184. The Kier molecular flexibility index (Phi) is 5.28. The molecule has 1 aromatic heterocycles. The second-order valence-corrected chi connectivity index (χ2v) is 10.0. The first-order valence-corrected chi connectivity index (χ1v) is 11.6. The van der Waals surface area contributed by atoms with Crippen LogP contribution in [0.4, 0.5) is 9.93 Å². The Hall–Kier alpha value is -2.49. The Morgan fingerprint density at radius 2 is 1.79 bits per heavy atom. The number of nitrogens with zero attached hydrogens (tertiary/aromatic N) is 3. The molecule has 2 aromatic carbocycles. The van der Waals surface area contributed by atoms with Gasteiger partial charge in [0.25, 0.3) is 0 Å². The van der Waals surface area contributed by atoms with Crippen LogP contribution in [-0.4, -0.2) is 54.8 Å². The number of hydrogen-bond acceptors (Lipinski definition) is 5. The average molecular weight is 431 g/mol. The molecule has 0 unspecified atom stereocenters. The highest BCUT2D eigenvalue weighted by Crippen LogP contribution is 2.26. The number of anilines is 1. The Bertz CT molecular complexity index is 1130. The van der Waals surface area contributed by atoms with Crippen LogP contribution < -0.4 is 5.32 Å². The fourth-order valence-corrected chi connectivity index (χ4v) is 5.94. The van der Waals surface area contributed by atoms with E-state index in [1.807, 2.05) is 50.2 Å². The maximum absolute atomic E-state index is 13.0. The first-order valence-electron chi connectivity index (χ1n) is 9.33. The minimum absolute atomic E-state index is 0.257. The maximum Gasteiger partial charge on any atom is 0.323 e. The van der Waals surface area contributed by atoms with Gasteiger partial charge >= 0.3 is 6.03 Å². The van der Waals surface area contributed by atoms with Gasteiger partial charge in [-0.3, -0.25) is 5.32 Å². The van der Waals surface area contributed by atoms with E-state index in [2.05, 4.69) is 10.3 Å². The number of carbonyl (C=O) groups is 1. The standard InChI is InChI=1S/C20H22N4O3S2/c1-14-7-8-18(15(2)13-14)29(26,27)24-11-9-23(10-12-24)20(25)22-19-21-16-5-3-4-6-17(16)28-19/h3-8,13H,9-12H2,1-2H3,(H,21,22,25). The van der Waals surface area contributed by atoms with Gasteiger partial charge in [0.15, 0.2) is 5.13 Å². The van der Waals surface area contributed by atoms with Crippen molar-refractivity contribution in [3.63, 3.8) is 0 Å². The van der Waals surface area contributed by atoms with Crippen molar-refractivity contribution in [2.75, 3.05) is 31.5 Å². The number of aromatic nitrogens is 1. The van der Waals surface area contributed by atoms with E-state index < -0.39 is 10.0 Å². The van der Waals surface area contributed by atoms with Crippen LogP contribution >= 0.6 is 11.3 Å². The minimum atomic E-state index is -3.57. The number of aryl methyl sites for hydroxylation is 2. The summed E-state index contributed by atoms with van der Waals surface area (Å²) in [5, 5.41) is 3.37. The number of fused-ring (bicyclic) bond motifs is 1. The molecule has 9 heteroatoms. The summed E-state index contributed by atoms with van der Waals surface area (Å²) in [7, 11) is -3.57. The number of urea groups is 1. The van der Waals surface area contributed by atoms with Crippen LogP contribution in [0.15, 0.2) is 47.4 Å². The van der Waals surface area contributed by atoms with Crippen molar-refractivity contribution in [1.82, 2.24) is 14.2 Å². The number of nitrogens with one attached hydrogen (secondary N) is 1. The minimum Gasteiger partial charge on any atom is -0.322 e. The molecule has 3 aromatic rings. The van der Waals surface area contributed by atoms with E-state index in [-0.39, 0.29) is 19.1 Å². The SMILES string of the molecule is Cc1ccc(S(=O)(=O)N2CCN(C(=O)Nc3nc4ccccc4s3)CC2)c(C)c1. The van der Waals surface area contributed by atoms with Gasteiger partial charge in [0.05, 0.1) is 15.1 Å².